The van der Waals surface area contributed by atoms with Gasteiger partial charge in [-0.1, -0.05) is 39.9 Å². The van der Waals surface area contributed by atoms with Gasteiger partial charge >= 0.3 is 0 Å². The first-order valence-corrected chi connectivity index (χ1v) is 16.9. The molecule has 3 heterocycles. The van der Waals surface area contributed by atoms with Crippen LogP contribution < -0.4 is 20.5 Å². The fourth-order valence-electron chi connectivity index (χ4n) is 5.60. The molecule has 0 aliphatic heterocycles. The fourth-order valence-corrected chi connectivity index (χ4v) is 5.83. The van der Waals surface area contributed by atoms with Crippen LogP contribution in [0.4, 0.5) is 8.78 Å². The van der Waals surface area contributed by atoms with Crippen LogP contribution in [0.15, 0.2) is 60.9 Å². The summed E-state index contributed by atoms with van der Waals surface area (Å²) in [4.78, 5) is 25.0. The molecule has 3 aromatic heterocycles. The highest BCUT2D eigenvalue weighted by Gasteiger charge is 2.20. The molecule has 2 aromatic carbocycles. The van der Waals surface area contributed by atoms with E-state index in [4.69, 9.17) is 39.6 Å². The number of benzene rings is 2. The first kappa shape index (κ1) is 38.7. The van der Waals surface area contributed by atoms with Crippen LogP contribution in [0.3, 0.4) is 0 Å². The second kappa shape index (κ2) is 17.7. The number of ether oxygens (including phenoxy) is 2. The fraction of sp³-hybridized carbons (Fsp3) is 0.297. The van der Waals surface area contributed by atoms with E-state index in [0.717, 1.165) is 38.9 Å². The van der Waals surface area contributed by atoms with Crippen molar-refractivity contribution < 1.29 is 23.0 Å². The van der Waals surface area contributed by atoms with Gasteiger partial charge in [0.1, 0.15) is 17.5 Å². The summed E-state index contributed by atoms with van der Waals surface area (Å²) in [5.41, 5.74) is 11.9. The molecule has 0 spiro atoms. The Morgan fingerprint density at radius 1 is 0.843 bits per heavy atom. The first-order chi connectivity index (χ1) is 24.3. The summed E-state index contributed by atoms with van der Waals surface area (Å²) in [6.45, 7) is 8.14. The smallest absolute Gasteiger partial charge is 0.224 e. The number of pyridine rings is 2. The van der Waals surface area contributed by atoms with Gasteiger partial charge in [-0.2, -0.15) is 0 Å². The highest BCUT2D eigenvalue weighted by atomic mass is 32.1. The number of carbonyl (C=O) groups is 1. The number of methoxy groups -OCH3 is 2. The molecule has 10 nitrogen and oxygen atoms in total. The number of H-pyrrole nitrogens is 2. The minimum atomic E-state index is -0.355. The number of rotatable bonds is 12. The summed E-state index contributed by atoms with van der Waals surface area (Å²) >= 11 is 9.82. The van der Waals surface area contributed by atoms with Crippen molar-refractivity contribution >= 4 is 35.3 Å². The SMILES string of the molecule is COc1cc(-c2cc(F)cc(C(C)C)c2CC(=O)NCC(N)=S)ccn1.COc1cc(-c2cc(F)cc(C(C)C)c2Cc2nc(=S)[nH][nH]2)ccn1. The molecule has 0 bridgehead atoms. The Morgan fingerprint density at radius 2 is 1.35 bits per heavy atom. The molecule has 5 aromatic rings. The lowest BCUT2D eigenvalue weighted by Gasteiger charge is -2.18. The number of amides is 1. The van der Waals surface area contributed by atoms with Crippen molar-refractivity contribution in [2.75, 3.05) is 20.8 Å². The Bertz CT molecular complexity index is 2060. The van der Waals surface area contributed by atoms with Crippen LogP contribution in [-0.2, 0) is 17.6 Å². The van der Waals surface area contributed by atoms with Crippen molar-refractivity contribution in [1.29, 1.82) is 0 Å². The molecule has 0 aliphatic rings. The molecule has 0 aliphatic carbocycles. The number of carbonyl (C=O) groups excluding carboxylic acids is 1. The summed E-state index contributed by atoms with van der Waals surface area (Å²) in [6.07, 6.45) is 3.85. The molecule has 0 atom stereocenters. The first-order valence-electron chi connectivity index (χ1n) is 16.1. The third-order valence-electron chi connectivity index (χ3n) is 7.94. The van der Waals surface area contributed by atoms with E-state index in [2.05, 4.69) is 30.5 Å². The van der Waals surface area contributed by atoms with Gasteiger partial charge < -0.3 is 20.5 Å². The number of aromatic amines is 2. The largest absolute Gasteiger partial charge is 0.481 e. The Morgan fingerprint density at radius 3 is 1.80 bits per heavy atom. The lowest BCUT2D eigenvalue weighted by molar-refractivity contribution is -0.120. The number of aromatic nitrogens is 5. The van der Waals surface area contributed by atoms with Crippen LogP contribution in [0.5, 0.6) is 11.8 Å². The normalized spacial score (nSPS) is 10.9. The van der Waals surface area contributed by atoms with E-state index < -0.39 is 0 Å². The average Bonchev–Trinajstić information content (AvgIpc) is 3.52. The molecule has 0 saturated carbocycles. The predicted molar refractivity (Wildman–Crippen MR) is 201 cm³/mol. The van der Waals surface area contributed by atoms with Crippen LogP contribution >= 0.6 is 24.4 Å². The van der Waals surface area contributed by atoms with Crippen LogP contribution in [0.25, 0.3) is 22.3 Å². The number of nitrogens with two attached hydrogens (primary N) is 1. The van der Waals surface area contributed by atoms with E-state index in [-0.39, 0.29) is 47.3 Å². The minimum Gasteiger partial charge on any atom is -0.481 e. The lowest BCUT2D eigenvalue weighted by Crippen LogP contribution is -2.33. The summed E-state index contributed by atoms with van der Waals surface area (Å²) < 4.78 is 39.3. The molecular weight excluding hydrogens is 693 g/mol. The van der Waals surface area contributed by atoms with Gasteiger partial charge in [-0.05, 0) is 105 Å². The summed E-state index contributed by atoms with van der Waals surface area (Å²) in [6, 6.07) is 13.2. The molecule has 5 N–H and O–H groups in total. The highest BCUT2D eigenvalue weighted by Crippen LogP contribution is 2.35. The molecule has 51 heavy (non-hydrogen) atoms. The van der Waals surface area contributed by atoms with Crippen LogP contribution in [0.2, 0.25) is 0 Å². The summed E-state index contributed by atoms with van der Waals surface area (Å²) in [7, 11) is 3.07. The van der Waals surface area contributed by atoms with Crippen molar-refractivity contribution in [3.63, 3.8) is 0 Å². The van der Waals surface area contributed by atoms with Gasteiger partial charge in [0.2, 0.25) is 22.4 Å². The number of thiocarbonyl (C=S) groups is 1. The van der Waals surface area contributed by atoms with Gasteiger partial charge in [0.25, 0.3) is 0 Å². The number of hydrogen-bond donors (Lipinski definition) is 4. The standard InChI is InChI=1S/C19H22FN3O2S.C18H19FN4OS/c1-11(2)14-7-13(20)8-15(12-4-5-22-19(6-12)25-3)16(14)9-18(24)23-10-17(21)26;1-10(2)13-7-12(19)8-14(11-4-5-20-17(6-11)24-3)15(13)9-16-21-18(25)23-22-16/h4-8,11H,9-10H2,1-3H3,(H2,21,26)(H,23,24);4-8,10H,9H2,1-3H3,(H2,21,22,23,25). The van der Waals surface area contributed by atoms with Crippen molar-refractivity contribution in [2.24, 2.45) is 5.73 Å². The van der Waals surface area contributed by atoms with Crippen LogP contribution in [-0.4, -0.2) is 56.8 Å². The zero-order valence-electron chi connectivity index (χ0n) is 29.3. The molecule has 1 amide bonds. The summed E-state index contributed by atoms with van der Waals surface area (Å²) in [5.74, 6) is 0.968. The zero-order valence-corrected chi connectivity index (χ0v) is 30.9. The third-order valence-corrected chi connectivity index (χ3v) is 8.28. The number of nitrogens with zero attached hydrogens (tertiary/aromatic N) is 3. The molecular formula is C37H41F2N7O3S2. The Kier molecular flexibility index (Phi) is 13.5. The van der Waals surface area contributed by atoms with Crippen molar-refractivity contribution in [3.05, 3.63) is 105 Å². The molecule has 5 rings (SSSR count). The highest BCUT2D eigenvalue weighted by molar-refractivity contribution is 7.80. The van der Waals surface area contributed by atoms with Crippen molar-refractivity contribution in [1.82, 2.24) is 30.5 Å². The third kappa shape index (κ3) is 10.5. The van der Waals surface area contributed by atoms with E-state index in [1.165, 1.54) is 25.3 Å². The maximum Gasteiger partial charge on any atom is 0.224 e. The maximum atomic E-state index is 14.3. The van der Waals surface area contributed by atoms with Crippen LogP contribution in [0.1, 0.15) is 67.6 Å². The lowest BCUT2D eigenvalue weighted by atomic mass is 9.88. The van der Waals surface area contributed by atoms with Gasteiger partial charge in [0.05, 0.1) is 32.2 Å². The number of halogens is 2. The zero-order chi connectivity index (χ0) is 37.2. The van der Waals surface area contributed by atoms with Crippen molar-refractivity contribution in [2.45, 2.75) is 52.4 Å². The van der Waals surface area contributed by atoms with Gasteiger partial charge in [-0.15, -0.1) is 0 Å². The van der Waals surface area contributed by atoms with Crippen molar-refractivity contribution in [3.8, 4) is 34.0 Å². The van der Waals surface area contributed by atoms with Crippen LogP contribution in [0, 0.1) is 16.4 Å². The van der Waals surface area contributed by atoms with Gasteiger partial charge in [-0.3, -0.25) is 15.0 Å². The topological polar surface area (TPSA) is 144 Å². The Balaban J connectivity index is 0.000000229. The number of nitrogens with one attached hydrogen (secondary N) is 3. The van der Waals surface area contributed by atoms with Gasteiger partial charge in [0, 0.05) is 30.9 Å². The predicted octanol–water partition coefficient (Wildman–Crippen LogP) is 7.36. The van der Waals surface area contributed by atoms with E-state index in [9.17, 15) is 13.6 Å². The quantitative estimate of drug-likeness (QED) is 0.0968. The monoisotopic (exact) mass is 733 g/mol. The second-order valence-corrected chi connectivity index (χ2v) is 13.1. The Hall–Kier alpha value is -5.08. The van der Waals surface area contributed by atoms with E-state index >= 15 is 0 Å². The molecule has 14 heteroatoms. The van der Waals surface area contributed by atoms with Gasteiger partial charge in [-0.25, -0.2) is 23.7 Å². The van der Waals surface area contributed by atoms with Gasteiger partial charge in [0.15, 0.2) is 0 Å². The van der Waals surface area contributed by atoms with E-state index in [1.807, 2.05) is 33.8 Å². The van der Waals surface area contributed by atoms with E-state index in [1.54, 1.807) is 43.8 Å². The molecule has 0 saturated heterocycles. The molecule has 0 unspecified atom stereocenters. The summed E-state index contributed by atoms with van der Waals surface area (Å²) in [5, 5.41) is 8.44. The Labute approximate surface area is 306 Å². The minimum absolute atomic E-state index is 0.0477. The molecule has 0 fully saturated rings. The molecule has 0 radical (unpaired) electrons. The molecule has 268 valence electrons. The number of hydrogen-bond acceptors (Lipinski definition) is 8. The van der Waals surface area contributed by atoms with E-state index in [0.29, 0.717) is 34.3 Å². The maximum absolute atomic E-state index is 14.3. The second-order valence-electron chi connectivity index (χ2n) is 12.2. The average molecular weight is 734 g/mol.